The first kappa shape index (κ1) is 16.1. The van der Waals surface area contributed by atoms with E-state index in [0.717, 1.165) is 18.0 Å². The molecule has 0 aliphatic rings. The number of benzene rings is 1. The van der Waals surface area contributed by atoms with Crippen LogP contribution >= 0.6 is 0 Å². The molecule has 0 bridgehead atoms. The van der Waals surface area contributed by atoms with Crippen LogP contribution in [0.1, 0.15) is 5.82 Å². The molecular weight excluding hydrogens is 310 g/mol. The molecule has 2 aromatic rings. The molecular formula is C12H15N5O4S. The number of aromatic nitrogens is 2. The van der Waals surface area contributed by atoms with E-state index in [4.69, 9.17) is 0 Å². The zero-order valence-corrected chi connectivity index (χ0v) is 12.3. The molecule has 9 nitrogen and oxygen atoms in total. The van der Waals surface area contributed by atoms with Crippen molar-refractivity contribution in [1.29, 1.82) is 0 Å². The number of nitrogens with one attached hydrogen (secondary N) is 3. The lowest BCUT2D eigenvalue weighted by atomic mass is 10.3. The third kappa shape index (κ3) is 4.35. The van der Waals surface area contributed by atoms with Gasteiger partial charge in [-0.25, -0.2) is 18.1 Å². The monoisotopic (exact) mass is 325 g/mol. The highest BCUT2D eigenvalue weighted by atomic mass is 32.2. The van der Waals surface area contributed by atoms with Crippen molar-refractivity contribution in [2.45, 2.75) is 11.4 Å². The van der Waals surface area contributed by atoms with E-state index in [-0.39, 0.29) is 17.1 Å². The van der Waals surface area contributed by atoms with Crippen molar-refractivity contribution >= 4 is 15.7 Å². The van der Waals surface area contributed by atoms with Gasteiger partial charge in [-0.05, 0) is 12.1 Å². The normalized spacial score (nSPS) is 11.5. The third-order valence-electron chi connectivity index (χ3n) is 2.80. The van der Waals surface area contributed by atoms with Crippen molar-refractivity contribution in [3.05, 3.63) is 52.6 Å². The number of nitro benzene ring substituents is 1. The number of hydrogen-bond acceptors (Lipinski definition) is 6. The Morgan fingerprint density at radius 1 is 1.23 bits per heavy atom. The summed E-state index contributed by atoms with van der Waals surface area (Å²) in [5, 5.41) is 13.6. The van der Waals surface area contributed by atoms with Gasteiger partial charge >= 0.3 is 0 Å². The van der Waals surface area contributed by atoms with Crippen LogP contribution in [0.3, 0.4) is 0 Å². The Kier molecular flexibility index (Phi) is 5.20. The number of H-pyrrole nitrogens is 1. The molecule has 0 amide bonds. The Morgan fingerprint density at radius 3 is 2.55 bits per heavy atom. The van der Waals surface area contributed by atoms with Crippen LogP contribution in [-0.2, 0) is 16.6 Å². The molecule has 22 heavy (non-hydrogen) atoms. The van der Waals surface area contributed by atoms with Crippen molar-refractivity contribution in [2.75, 3.05) is 13.1 Å². The number of hydrogen-bond donors (Lipinski definition) is 3. The molecule has 0 aliphatic carbocycles. The fourth-order valence-electron chi connectivity index (χ4n) is 1.71. The predicted octanol–water partition coefficient (Wildman–Crippen LogP) is 0.386. The van der Waals surface area contributed by atoms with Crippen molar-refractivity contribution < 1.29 is 13.3 Å². The lowest BCUT2D eigenvalue weighted by molar-refractivity contribution is -0.384. The van der Waals surface area contributed by atoms with Gasteiger partial charge in [0.15, 0.2) is 0 Å². The standard InChI is InChI=1S/C12H15N5O4S/c18-17(19)10-1-3-11(4-2-10)22(20,21)16-8-5-13-9-12-14-6-7-15-12/h1-4,6-7,13,16H,5,8-9H2,(H,14,15). The molecule has 0 saturated heterocycles. The molecule has 1 aromatic carbocycles. The molecule has 0 saturated carbocycles. The molecule has 0 spiro atoms. The van der Waals surface area contributed by atoms with Gasteiger partial charge in [0.2, 0.25) is 10.0 Å². The van der Waals surface area contributed by atoms with E-state index in [1.54, 1.807) is 12.4 Å². The highest BCUT2D eigenvalue weighted by Gasteiger charge is 2.14. The molecule has 0 fully saturated rings. The Labute approximate surface area is 127 Å². The number of nitrogens with zero attached hydrogens (tertiary/aromatic N) is 2. The highest BCUT2D eigenvalue weighted by molar-refractivity contribution is 7.89. The van der Waals surface area contributed by atoms with Crippen LogP contribution in [0.25, 0.3) is 0 Å². The molecule has 0 radical (unpaired) electrons. The predicted molar refractivity (Wildman–Crippen MR) is 78.6 cm³/mol. The average Bonchev–Trinajstić information content (AvgIpc) is 3.00. The topological polar surface area (TPSA) is 130 Å². The summed E-state index contributed by atoms with van der Waals surface area (Å²) < 4.78 is 26.4. The second-order valence-corrected chi connectivity index (χ2v) is 6.13. The average molecular weight is 325 g/mol. The fraction of sp³-hybridized carbons (Fsp3) is 0.250. The maximum atomic E-state index is 12.0. The van der Waals surface area contributed by atoms with Gasteiger partial charge in [0.25, 0.3) is 5.69 Å². The minimum Gasteiger partial charge on any atom is -0.348 e. The maximum Gasteiger partial charge on any atom is 0.269 e. The van der Waals surface area contributed by atoms with E-state index in [9.17, 15) is 18.5 Å². The van der Waals surface area contributed by atoms with Gasteiger partial charge in [-0.1, -0.05) is 0 Å². The summed E-state index contributed by atoms with van der Waals surface area (Å²) in [6, 6.07) is 4.72. The largest absolute Gasteiger partial charge is 0.348 e. The summed E-state index contributed by atoms with van der Waals surface area (Å²) >= 11 is 0. The van der Waals surface area contributed by atoms with E-state index in [2.05, 4.69) is 20.0 Å². The summed E-state index contributed by atoms with van der Waals surface area (Å²) in [5.41, 5.74) is -0.154. The van der Waals surface area contributed by atoms with Gasteiger partial charge in [-0.3, -0.25) is 10.1 Å². The number of non-ortho nitro benzene ring substituents is 1. The quantitative estimate of drug-likeness (QED) is 0.365. The van der Waals surface area contributed by atoms with E-state index in [1.165, 1.54) is 12.1 Å². The number of aromatic amines is 1. The highest BCUT2D eigenvalue weighted by Crippen LogP contribution is 2.15. The SMILES string of the molecule is O=[N+]([O-])c1ccc(S(=O)(=O)NCCNCc2ncc[nH]2)cc1. The Balaban J connectivity index is 1.81. The molecule has 0 aliphatic heterocycles. The first-order valence-corrected chi connectivity index (χ1v) is 7.90. The first-order valence-electron chi connectivity index (χ1n) is 6.42. The molecule has 3 N–H and O–H groups in total. The van der Waals surface area contributed by atoms with Crippen LogP contribution in [0.4, 0.5) is 5.69 Å². The van der Waals surface area contributed by atoms with Crippen LogP contribution in [0, 0.1) is 10.1 Å². The minimum absolute atomic E-state index is 0.0101. The third-order valence-corrected chi connectivity index (χ3v) is 4.28. The van der Waals surface area contributed by atoms with Crippen LogP contribution in [0.2, 0.25) is 0 Å². The molecule has 118 valence electrons. The minimum atomic E-state index is -3.67. The Hall–Kier alpha value is -2.30. The van der Waals surface area contributed by atoms with Crippen LogP contribution < -0.4 is 10.0 Å². The van der Waals surface area contributed by atoms with Gasteiger partial charge in [-0.15, -0.1) is 0 Å². The second-order valence-electron chi connectivity index (χ2n) is 4.36. The van der Waals surface area contributed by atoms with Gasteiger partial charge < -0.3 is 10.3 Å². The van der Waals surface area contributed by atoms with Crippen molar-refractivity contribution in [1.82, 2.24) is 20.0 Å². The molecule has 0 atom stereocenters. The maximum absolute atomic E-state index is 12.0. The first-order chi connectivity index (χ1) is 10.5. The number of imidazole rings is 1. The fourth-order valence-corrected chi connectivity index (χ4v) is 2.74. The van der Waals surface area contributed by atoms with Gasteiger partial charge in [0.05, 0.1) is 16.4 Å². The lowest BCUT2D eigenvalue weighted by Gasteiger charge is -2.07. The van der Waals surface area contributed by atoms with Gasteiger partial charge in [0.1, 0.15) is 5.82 Å². The Morgan fingerprint density at radius 2 is 1.95 bits per heavy atom. The number of sulfonamides is 1. The summed E-state index contributed by atoms with van der Waals surface area (Å²) in [6.07, 6.45) is 3.34. The van der Waals surface area contributed by atoms with E-state index < -0.39 is 14.9 Å². The van der Waals surface area contributed by atoms with Crippen LogP contribution in [-0.4, -0.2) is 36.4 Å². The van der Waals surface area contributed by atoms with Crippen molar-refractivity contribution in [3.63, 3.8) is 0 Å². The van der Waals surface area contributed by atoms with Crippen molar-refractivity contribution in [3.8, 4) is 0 Å². The summed E-state index contributed by atoms with van der Waals surface area (Å²) in [7, 11) is -3.67. The molecule has 10 heteroatoms. The van der Waals surface area contributed by atoms with Crippen LogP contribution in [0.15, 0.2) is 41.6 Å². The molecule has 1 aromatic heterocycles. The van der Waals surface area contributed by atoms with E-state index >= 15 is 0 Å². The van der Waals surface area contributed by atoms with Gasteiger partial charge in [0, 0.05) is 37.6 Å². The summed E-state index contributed by atoms with van der Waals surface area (Å²) in [4.78, 5) is 16.9. The van der Waals surface area contributed by atoms with E-state index in [1.807, 2.05) is 0 Å². The van der Waals surface area contributed by atoms with E-state index in [0.29, 0.717) is 13.1 Å². The summed E-state index contributed by atoms with van der Waals surface area (Å²) in [5.74, 6) is 0.762. The number of rotatable bonds is 8. The lowest BCUT2D eigenvalue weighted by Crippen LogP contribution is -2.31. The smallest absolute Gasteiger partial charge is 0.269 e. The second kappa shape index (κ2) is 7.11. The molecule has 0 unspecified atom stereocenters. The number of nitro groups is 1. The Bertz CT molecular complexity index is 712. The summed E-state index contributed by atoms with van der Waals surface area (Å²) in [6.45, 7) is 1.12. The van der Waals surface area contributed by atoms with Crippen molar-refractivity contribution in [2.24, 2.45) is 0 Å². The van der Waals surface area contributed by atoms with Gasteiger partial charge in [-0.2, -0.15) is 0 Å². The molecule has 1 heterocycles. The zero-order chi connectivity index (χ0) is 16.0. The zero-order valence-electron chi connectivity index (χ0n) is 11.5. The molecule has 2 rings (SSSR count). The van der Waals surface area contributed by atoms with Crippen LogP contribution in [0.5, 0.6) is 0 Å².